The number of halogens is 2. The van der Waals surface area contributed by atoms with Gasteiger partial charge < -0.3 is 15.3 Å². The number of phenols is 1. The zero-order chi connectivity index (χ0) is 27.4. The molecule has 3 aliphatic heterocycles. The van der Waals surface area contributed by atoms with E-state index < -0.39 is 11.6 Å². The number of carbonyl (C=O) groups is 1. The van der Waals surface area contributed by atoms with Gasteiger partial charge in [-0.05, 0) is 73.8 Å². The number of carbonyl (C=O) groups excluding carboxylic acids is 1. The van der Waals surface area contributed by atoms with Crippen molar-refractivity contribution in [1.29, 1.82) is 0 Å². The van der Waals surface area contributed by atoms with E-state index in [0.717, 1.165) is 69.4 Å². The predicted molar refractivity (Wildman–Crippen MR) is 147 cm³/mol. The van der Waals surface area contributed by atoms with E-state index in [2.05, 4.69) is 20.0 Å². The first-order chi connectivity index (χ1) is 18.9. The summed E-state index contributed by atoms with van der Waals surface area (Å²) in [6.45, 7) is 9.48. The lowest BCUT2D eigenvalue weighted by molar-refractivity contribution is -0.123. The second kappa shape index (κ2) is 12.3. The number of amides is 1. The predicted octanol–water partition coefficient (Wildman–Crippen LogP) is 3.54. The van der Waals surface area contributed by atoms with Gasteiger partial charge in [0, 0.05) is 45.3 Å². The number of piperazine rings is 1. The summed E-state index contributed by atoms with van der Waals surface area (Å²) in [6.07, 6.45) is 4.30. The summed E-state index contributed by atoms with van der Waals surface area (Å²) in [5.41, 5.74) is 2.76. The van der Waals surface area contributed by atoms with E-state index in [0.29, 0.717) is 23.9 Å². The summed E-state index contributed by atoms with van der Waals surface area (Å²) in [7, 11) is 0. The number of amidine groups is 1. The molecule has 0 spiro atoms. The molecule has 0 aromatic heterocycles. The molecule has 0 bridgehead atoms. The van der Waals surface area contributed by atoms with Gasteiger partial charge in [0.05, 0.1) is 12.5 Å². The van der Waals surface area contributed by atoms with E-state index in [1.807, 2.05) is 25.1 Å². The highest BCUT2D eigenvalue weighted by Gasteiger charge is 2.30. The van der Waals surface area contributed by atoms with Gasteiger partial charge in [0.25, 0.3) is 0 Å². The van der Waals surface area contributed by atoms with Crippen LogP contribution in [-0.4, -0.2) is 83.4 Å². The number of rotatable bonds is 6. The normalized spacial score (nSPS) is 21.4. The van der Waals surface area contributed by atoms with E-state index in [-0.39, 0.29) is 18.4 Å². The third-order valence-electron chi connectivity index (χ3n) is 8.06. The number of nitrogens with zero attached hydrogens (tertiary/aromatic N) is 4. The Morgan fingerprint density at radius 1 is 0.974 bits per heavy atom. The van der Waals surface area contributed by atoms with Gasteiger partial charge in [0.15, 0.2) is 11.6 Å². The van der Waals surface area contributed by atoms with Gasteiger partial charge in [0.1, 0.15) is 11.6 Å². The molecule has 0 saturated carbocycles. The van der Waals surface area contributed by atoms with Crippen LogP contribution in [0.25, 0.3) is 0 Å². The number of benzene rings is 2. The van der Waals surface area contributed by atoms with Crippen molar-refractivity contribution in [2.75, 3.05) is 45.8 Å². The second-order valence-electron chi connectivity index (χ2n) is 10.8. The first-order valence-corrected chi connectivity index (χ1v) is 13.8. The Kier molecular flexibility index (Phi) is 8.57. The molecule has 3 heterocycles. The van der Waals surface area contributed by atoms with Crippen LogP contribution in [0.4, 0.5) is 8.78 Å². The van der Waals surface area contributed by atoms with Gasteiger partial charge in [-0.2, -0.15) is 0 Å². The molecule has 2 aromatic rings. The molecular weight excluding hydrogens is 500 g/mol. The van der Waals surface area contributed by atoms with Crippen molar-refractivity contribution in [3.8, 4) is 5.75 Å². The SMILES string of the molecule is CC1=CC(C(=O)NCc2ccc(F)c(F)c2)CN=C1N1CCN(C2CCN(Cc3ccc(O)cc3)CC2)CC1. The van der Waals surface area contributed by atoms with Gasteiger partial charge in [-0.1, -0.05) is 24.3 Å². The van der Waals surface area contributed by atoms with Crippen LogP contribution < -0.4 is 5.32 Å². The Bertz CT molecular complexity index is 1220. The van der Waals surface area contributed by atoms with Gasteiger partial charge >= 0.3 is 0 Å². The summed E-state index contributed by atoms with van der Waals surface area (Å²) >= 11 is 0. The largest absolute Gasteiger partial charge is 0.508 e. The van der Waals surface area contributed by atoms with Gasteiger partial charge in [0.2, 0.25) is 5.91 Å². The Balaban J connectivity index is 1.05. The average Bonchev–Trinajstić information content (AvgIpc) is 2.95. The van der Waals surface area contributed by atoms with Crippen molar-refractivity contribution in [2.24, 2.45) is 10.9 Å². The van der Waals surface area contributed by atoms with Gasteiger partial charge in [-0.25, -0.2) is 8.78 Å². The number of hydrogen-bond donors (Lipinski definition) is 2. The molecule has 2 N–H and O–H groups in total. The third-order valence-corrected chi connectivity index (χ3v) is 8.06. The van der Waals surface area contributed by atoms with Crippen molar-refractivity contribution < 1.29 is 18.7 Å². The van der Waals surface area contributed by atoms with E-state index >= 15 is 0 Å². The molecule has 9 heteroatoms. The van der Waals surface area contributed by atoms with Gasteiger partial charge in [-0.15, -0.1) is 0 Å². The number of phenolic OH excluding ortho intramolecular Hbond substituents is 1. The maximum absolute atomic E-state index is 13.4. The summed E-state index contributed by atoms with van der Waals surface area (Å²) in [4.78, 5) is 24.9. The van der Waals surface area contributed by atoms with E-state index in [1.54, 1.807) is 12.1 Å². The Labute approximate surface area is 228 Å². The van der Waals surface area contributed by atoms with E-state index in [9.17, 15) is 18.7 Å². The standard InChI is InChI=1S/C30H37F2N5O2/c1-21-16-24(30(39)34-18-23-4-7-27(31)28(32)17-23)19-33-29(21)37-14-12-36(13-15-37)25-8-10-35(11-9-25)20-22-2-5-26(38)6-3-22/h2-7,16-17,24-25,38H,8-15,18-20H2,1H3,(H,34,39). The minimum absolute atomic E-state index is 0.147. The van der Waals surface area contributed by atoms with E-state index in [4.69, 9.17) is 4.99 Å². The lowest BCUT2D eigenvalue weighted by Crippen LogP contribution is -2.54. The highest BCUT2D eigenvalue weighted by Crippen LogP contribution is 2.23. The molecule has 2 aromatic carbocycles. The van der Waals surface area contributed by atoms with Crippen molar-refractivity contribution in [2.45, 2.75) is 38.9 Å². The smallest absolute Gasteiger partial charge is 0.229 e. The lowest BCUT2D eigenvalue weighted by Gasteiger charge is -2.44. The highest BCUT2D eigenvalue weighted by molar-refractivity contribution is 6.00. The number of aromatic hydroxyl groups is 1. The van der Waals surface area contributed by atoms with Crippen LogP contribution in [0.1, 0.15) is 30.9 Å². The fourth-order valence-electron chi connectivity index (χ4n) is 5.82. The fourth-order valence-corrected chi connectivity index (χ4v) is 5.82. The number of dihydropyridines is 1. The second-order valence-corrected chi connectivity index (χ2v) is 10.8. The number of hydrogen-bond acceptors (Lipinski definition) is 6. The molecule has 1 unspecified atom stereocenters. The van der Waals surface area contributed by atoms with Crippen LogP contribution >= 0.6 is 0 Å². The van der Waals surface area contributed by atoms with Crippen LogP contribution in [-0.2, 0) is 17.9 Å². The molecule has 7 nitrogen and oxygen atoms in total. The maximum Gasteiger partial charge on any atom is 0.229 e. The van der Waals surface area contributed by atoms with Gasteiger partial charge in [-0.3, -0.25) is 19.6 Å². The molecule has 208 valence electrons. The van der Waals surface area contributed by atoms with Crippen molar-refractivity contribution in [3.05, 3.63) is 76.9 Å². The summed E-state index contributed by atoms with van der Waals surface area (Å²) < 4.78 is 26.6. The topological polar surface area (TPSA) is 71.4 Å². The first-order valence-electron chi connectivity index (χ1n) is 13.8. The monoisotopic (exact) mass is 537 g/mol. The third kappa shape index (κ3) is 6.83. The number of likely N-dealkylation sites (tertiary alicyclic amines) is 1. The summed E-state index contributed by atoms with van der Waals surface area (Å²) in [6, 6.07) is 11.8. The van der Waals surface area contributed by atoms with Crippen molar-refractivity contribution in [1.82, 2.24) is 20.0 Å². The summed E-state index contributed by atoms with van der Waals surface area (Å²) in [5.74, 6) is -1.06. The van der Waals surface area contributed by atoms with Crippen LogP contribution in [0.15, 0.2) is 59.1 Å². The zero-order valence-electron chi connectivity index (χ0n) is 22.5. The number of nitrogens with one attached hydrogen (secondary N) is 1. The van der Waals surface area contributed by atoms with Crippen LogP contribution in [0, 0.1) is 17.6 Å². The summed E-state index contributed by atoms with van der Waals surface area (Å²) in [5, 5.41) is 12.3. The maximum atomic E-state index is 13.4. The minimum Gasteiger partial charge on any atom is -0.508 e. The first kappa shape index (κ1) is 27.3. The lowest BCUT2D eigenvalue weighted by atomic mass is 9.99. The Hall–Kier alpha value is -3.30. The van der Waals surface area contributed by atoms with E-state index in [1.165, 1.54) is 24.5 Å². The Morgan fingerprint density at radius 2 is 1.67 bits per heavy atom. The van der Waals surface area contributed by atoms with Crippen molar-refractivity contribution in [3.63, 3.8) is 0 Å². The minimum atomic E-state index is -0.916. The van der Waals surface area contributed by atoms with Crippen LogP contribution in [0.2, 0.25) is 0 Å². The number of aliphatic imine (C=N–C) groups is 1. The Morgan fingerprint density at radius 3 is 2.33 bits per heavy atom. The quantitative estimate of drug-likeness (QED) is 0.590. The highest BCUT2D eigenvalue weighted by atomic mass is 19.2. The molecule has 2 fully saturated rings. The molecule has 5 rings (SSSR count). The van der Waals surface area contributed by atoms with Crippen LogP contribution in [0.5, 0.6) is 5.75 Å². The molecule has 0 aliphatic carbocycles. The molecule has 2 saturated heterocycles. The molecule has 1 amide bonds. The molecular formula is C30H37F2N5O2. The molecule has 0 radical (unpaired) electrons. The molecule has 3 aliphatic rings. The molecule has 39 heavy (non-hydrogen) atoms. The molecule has 1 atom stereocenters. The van der Waals surface area contributed by atoms with Crippen molar-refractivity contribution >= 4 is 11.7 Å². The number of piperidine rings is 1. The fraction of sp³-hybridized carbons (Fsp3) is 0.467. The average molecular weight is 538 g/mol. The van der Waals surface area contributed by atoms with Crippen LogP contribution in [0.3, 0.4) is 0 Å². The zero-order valence-corrected chi connectivity index (χ0v) is 22.5.